The molecule has 6 aromatic carbocycles. The van der Waals surface area contributed by atoms with Crippen molar-refractivity contribution in [1.29, 1.82) is 0 Å². The lowest BCUT2D eigenvalue weighted by Gasteiger charge is -2.44. The summed E-state index contributed by atoms with van der Waals surface area (Å²) >= 11 is 0. The van der Waals surface area contributed by atoms with Gasteiger partial charge in [0, 0.05) is 11.1 Å². The van der Waals surface area contributed by atoms with Crippen LogP contribution < -0.4 is 0 Å². The average Bonchev–Trinajstić information content (AvgIpc) is 3.81. The van der Waals surface area contributed by atoms with E-state index < -0.39 is 11.1 Å². The Morgan fingerprint density at radius 3 is 1.06 bits per heavy atom. The van der Waals surface area contributed by atoms with E-state index in [-0.39, 0.29) is 0 Å². The van der Waals surface area contributed by atoms with E-state index in [1.54, 1.807) is 0 Å². The predicted molar refractivity (Wildman–Crippen MR) is 207 cm³/mol. The van der Waals surface area contributed by atoms with Crippen molar-refractivity contribution in [2.24, 2.45) is 20.0 Å². The SMILES string of the molecule is CCc1ccccc1C1=NC(c2ccccc2)(C2(c3ccccc3)N=C(c3ccccc3CC)N=C2c2ccccc2)C(c2ccccc2)=N1. The van der Waals surface area contributed by atoms with Crippen LogP contribution in [0.3, 0.4) is 0 Å². The van der Waals surface area contributed by atoms with Gasteiger partial charge in [-0.15, -0.1) is 0 Å². The van der Waals surface area contributed by atoms with Gasteiger partial charge in [-0.1, -0.05) is 184 Å². The second-order valence-corrected chi connectivity index (χ2v) is 12.7. The molecule has 50 heavy (non-hydrogen) atoms. The van der Waals surface area contributed by atoms with Gasteiger partial charge in [0.1, 0.15) is 0 Å². The highest BCUT2D eigenvalue weighted by molar-refractivity contribution is 6.29. The van der Waals surface area contributed by atoms with Gasteiger partial charge in [0.15, 0.2) is 22.7 Å². The summed E-state index contributed by atoms with van der Waals surface area (Å²) in [6.45, 7) is 4.37. The summed E-state index contributed by atoms with van der Waals surface area (Å²) < 4.78 is 0. The molecule has 0 amide bonds. The molecule has 0 aliphatic carbocycles. The number of hydrogen-bond acceptors (Lipinski definition) is 4. The molecule has 0 saturated carbocycles. The van der Waals surface area contributed by atoms with Crippen molar-refractivity contribution >= 4 is 23.1 Å². The maximum Gasteiger partial charge on any atom is 0.165 e. The van der Waals surface area contributed by atoms with Gasteiger partial charge in [0.05, 0.1) is 11.4 Å². The average molecular weight is 647 g/mol. The van der Waals surface area contributed by atoms with Gasteiger partial charge in [0.2, 0.25) is 0 Å². The zero-order chi connectivity index (χ0) is 34.0. The molecule has 4 heteroatoms. The lowest BCUT2D eigenvalue weighted by molar-refractivity contribution is 0.420. The zero-order valence-corrected chi connectivity index (χ0v) is 28.4. The summed E-state index contributed by atoms with van der Waals surface area (Å²) in [6, 6.07) is 59.2. The number of rotatable bonds is 9. The molecule has 2 atom stereocenters. The van der Waals surface area contributed by atoms with Crippen LogP contribution >= 0.6 is 0 Å². The van der Waals surface area contributed by atoms with Crippen molar-refractivity contribution in [3.05, 3.63) is 214 Å². The Kier molecular flexibility index (Phi) is 8.22. The maximum atomic E-state index is 5.93. The fraction of sp³-hybridized carbons (Fsp3) is 0.130. The fourth-order valence-corrected chi connectivity index (χ4v) is 7.60. The summed E-state index contributed by atoms with van der Waals surface area (Å²) in [5, 5.41) is 0. The van der Waals surface area contributed by atoms with Crippen molar-refractivity contribution in [2.75, 3.05) is 0 Å². The predicted octanol–water partition coefficient (Wildman–Crippen LogP) is 9.80. The smallest absolute Gasteiger partial charge is 0.165 e. The van der Waals surface area contributed by atoms with E-state index in [1.807, 2.05) is 0 Å². The molecule has 2 unspecified atom stereocenters. The lowest BCUT2D eigenvalue weighted by Crippen LogP contribution is -2.55. The fourth-order valence-electron chi connectivity index (χ4n) is 7.60. The van der Waals surface area contributed by atoms with Gasteiger partial charge in [-0.3, -0.25) is 0 Å². The first-order chi connectivity index (χ1) is 24.7. The first-order valence-electron chi connectivity index (χ1n) is 17.5. The molecule has 0 aromatic heterocycles. The van der Waals surface area contributed by atoms with E-state index in [2.05, 4.69) is 184 Å². The Morgan fingerprint density at radius 2 is 0.700 bits per heavy atom. The van der Waals surface area contributed by atoms with Gasteiger partial charge >= 0.3 is 0 Å². The molecule has 6 aromatic rings. The number of aliphatic imine (C=N–C) groups is 4. The third-order valence-electron chi connectivity index (χ3n) is 9.95. The molecule has 4 nitrogen and oxygen atoms in total. The van der Waals surface area contributed by atoms with Crippen molar-refractivity contribution in [1.82, 2.24) is 0 Å². The number of nitrogens with zero attached hydrogens (tertiary/aromatic N) is 4. The molecule has 0 spiro atoms. The van der Waals surface area contributed by atoms with E-state index in [0.29, 0.717) is 11.7 Å². The Morgan fingerprint density at radius 1 is 0.380 bits per heavy atom. The van der Waals surface area contributed by atoms with Gasteiger partial charge in [-0.05, 0) is 46.2 Å². The summed E-state index contributed by atoms with van der Waals surface area (Å²) in [4.78, 5) is 23.0. The number of benzene rings is 6. The zero-order valence-electron chi connectivity index (χ0n) is 28.4. The van der Waals surface area contributed by atoms with Gasteiger partial charge in [-0.25, -0.2) is 20.0 Å². The van der Waals surface area contributed by atoms with Crippen molar-refractivity contribution < 1.29 is 0 Å². The molecule has 242 valence electrons. The van der Waals surface area contributed by atoms with Crippen LogP contribution in [0.25, 0.3) is 0 Å². The Bertz CT molecular complexity index is 2110. The highest BCUT2D eigenvalue weighted by Crippen LogP contribution is 2.55. The molecule has 8 rings (SSSR count). The van der Waals surface area contributed by atoms with Gasteiger partial charge < -0.3 is 0 Å². The first-order valence-corrected chi connectivity index (χ1v) is 17.5. The molecule has 2 aliphatic rings. The van der Waals surface area contributed by atoms with E-state index >= 15 is 0 Å². The van der Waals surface area contributed by atoms with E-state index in [4.69, 9.17) is 20.0 Å². The van der Waals surface area contributed by atoms with E-state index in [1.165, 1.54) is 11.1 Å². The largest absolute Gasteiger partial charge is 0.245 e. The van der Waals surface area contributed by atoms with Crippen molar-refractivity contribution in [3.63, 3.8) is 0 Å². The van der Waals surface area contributed by atoms with Crippen LogP contribution in [0.2, 0.25) is 0 Å². The highest BCUT2D eigenvalue weighted by Gasteiger charge is 2.64. The van der Waals surface area contributed by atoms with Crippen LogP contribution in [-0.4, -0.2) is 23.1 Å². The molecule has 0 fully saturated rings. The minimum absolute atomic E-state index is 0.700. The minimum Gasteiger partial charge on any atom is -0.245 e. The van der Waals surface area contributed by atoms with Crippen LogP contribution in [-0.2, 0) is 23.9 Å². The van der Waals surface area contributed by atoms with Crippen molar-refractivity contribution in [3.8, 4) is 0 Å². The summed E-state index contributed by atoms with van der Waals surface area (Å²) in [6.07, 6.45) is 1.72. The lowest BCUT2D eigenvalue weighted by atomic mass is 9.62. The second kappa shape index (κ2) is 13.1. The molecular formula is C46H38N4. The molecule has 0 radical (unpaired) electrons. The standard InChI is InChI=1S/C46H38N4/c1-3-33-21-17-19-31-39(33)43-47-41(35-23-9-5-10-24-35)45(49-43,37-27-13-7-14-28-37)46(38-29-15-8-16-30-38)42(36-25-11-6-12-26-36)48-44(50-46)40-32-20-18-22-34(40)4-2/h5-32H,3-4H2,1-2H3. The van der Waals surface area contributed by atoms with Crippen LogP contribution in [0.15, 0.2) is 190 Å². The van der Waals surface area contributed by atoms with Crippen LogP contribution in [0.5, 0.6) is 0 Å². The quantitative estimate of drug-likeness (QED) is 0.150. The Labute approximate surface area is 294 Å². The highest BCUT2D eigenvalue weighted by atomic mass is 15.2. The van der Waals surface area contributed by atoms with E-state index in [9.17, 15) is 0 Å². The summed E-state index contributed by atoms with van der Waals surface area (Å²) in [5.41, 5.74) is 7.80. The minimum atomic E-state index is -1.15. The molecular weight excluding hydrogens is 609 g/mol. The molecule has 2 heterocycles. The maximum absolute atomic E-state index is 5.93. The number of amidine groups is 2. The monoisotopic (exact) mass is 646 g/mol. The molecule has 0 saturated heterocycles. The number of aryl methyl sites for hydroxylation is 2. The topological polar surface area (TPSA) is 49.4 Å². The Hall–Kier alpha value is -6.00. The first kappa shape index (κ1) is 31.3. The van der Waals surface area contributed by atoms with Gasteiger partial charge in [0.25, 0.3) is 0 Å². The van der Waals surface area contributed by atoms with Crippen molar-refractivity contribution in [2.45, 2.75) is 37.8 Å². The third kappa shape index (κ3) is 4.99. The molecule has 0 N–H and O–H groups in total. The Balaban J connectivity index is 1.57. The normalized spacial score (nSPS) is 19.8. The van der Waals surface area contributed by atoms with Gasteiger partial charge in [-0.2, -0.15) is 0 Å². The third-order valence-corrected chi connectivity index (χ3v) is 9.95. The van der Waals surface area contributed by atoms with E-state index in [0.717, 1.165) is 57.6 Å². The van der Waals surface area contributed by atoms with Crippen LogP contribution in [0.4, 0.5) is 0 Å². The van der Waals surface area contributed by atoms with Crippen LogP contribution in [0.1, 0.15) is 58.4 Å². The molecule has 0 bridgehead atoms. The van der Waals surface area contributed by atoms with Crippen LogP contribution in [0, 0.1) is 0 Å². The summed E-state index contributed by atoms with van der Waals surface area (Å²) in [5.74, 6) is 1.40. The number of hydrogen-bond donors (Lipinski definition) is 0. The second-order valence-electron chi connectivity index (χ2n) is 12.7. The molecule has 2 aliphatic heterocycles. The summed E-state index contributed by atoms with van der Waals surface area (Å²) in [7, 11) is 0.